The molecule has 6 nitrogen and oxygen atoms in total. The molecule has 124 valence electrons. The van der Waals surface area contributed by atoms with Crippen LogP contribution in [-0.2, 0) is 26.5 Å². The standard InChI is InChI=1S/C14H22N2O4S2/c1-3-12-4-6-14(7-5-12)22(19,20)15-13-8-10-16(11-9-13)21(2,17)18/h4-7,13,15H,3,8-11H2,1-2H3. The molecule has 1 saturated heterocycles. The molecule has 1 aliphatic heterocycles. The van der Waals surface area contributed by atoms with Crippen LogP contribution in [0.25, 0.3) is 0 Å². The lowest BCUT2D eigenvalue weighted by Gasteiger charge is -2.30. The topological polar surface area (TPSA) is 83.6 Å². The third kappa shape index (κ3) is 4.28. The molecule has 22 heavy (non-hydrogen) atoms. The second-order valence-electron chi connectivity index (χ2n) is 5.56. The van der Waals surface area contributed by atoms with Crippen LogP contribution in [0.4, 0.5) is 0 Å². The van der Waals surface area contributed by atoms with Gasteiger partial charge >= 0.3 is 0 Å². The number of nitrogens with zero attached hydrogens (tertiary/aromatic N) is 1. The second-order valence-corrected chi connectivity index (χ2v) is 9.25. The summed E-state index contributed by atoms with van der Waals surface area (Å²) in [7, 11) is -6.75. The van der Waals surface area contributed by atoms with Gasteiger partial charge in [0.25, 0.3) is 0 Å². The fraction of sp³-hybridized carbons (Fsp3) is 0.571. The predicted octanol–water partition coefficient (Wildman–Crippen LogP) is 0.951. The molecular weight excluding hydrogens is 324 g/mol. The minimum atomic E-state index is -3.56. The van der Waals surface area contributed by atoms with Crippen molar-refractivity contribution in [1.82, 2.24) is 9.03 Å². The van der Waals surface area contributed by atoms with Crippen molar-refractivity contribution in [1.29, 1.82) is 0 Å². The summed E-state index contributed by atoms with van der Waals surface area (Å²) in [6.45, 7) is 2.71. The molecular formula is C14H22N2O4S2. The number of sulfonamides is 2. The summed E-state index contributed by atoms with van der Waals surface area (Å²) in [5.74, 6) is 0. The van der Waals surface area contributed by atoms with E-state index in [4.69, 9.17) is 0 Å². The van der Waals surface area contributed by atoms with Gasteiger partial charge in [0.15, 0.2) is 0 Å². The molecule has 0 radical (unpaired) electrons. The first-order valence-corrected chi connectivity index (χ1v) is 10.6. The van der Waals surface area contributed by atoms with Gasteiger partial charge in [-0.3, -0.25) is 0 Å². The molecule has 0 aromatic heterocycles. The van der Waals surface area contributed by atoms with Crippen molar-refractivity contribution < 1.29 is 16.8 Å². The lowest BCUT2D eigenvalue weighted by Crippen LogP contribution is -2.46. The van der Waals surface area contributed by atoms with E-state index in [1.807, 2.05) is 6.92 Å². The summed E-state index contributed by atoms with van der Waals surface area (Å²) in [5, 5.41) is 0. The Labute approximate surface area is 132 Å². The van der Waals surface area contributed by atoms with Gasteiger partial charge < -0.3 is 0 Å². The van der Waals surface area contributed by atoms with Crippen LogP contribution in [0.5, 0.6) is 0 Å². The van der Waals surface area contributed by atoms with Crippen LogP contribution in [0, 0.1) is 0 Å². The SMILES string of the molecule is CCc1ccc(S(=O)(=O)NC2CCN(S(C)(=O)=O)CC2)cc1. The number of aryl methyl sites for hydroxylation is 1. The van der Waals surface area contributed by atoms with E-state index in [-0.39, 0.29) is 10.9 Å². The summed E-state index contributed by atoms with van der Waals surface area (Å²) < 4.78 is 51.6. The number of piperidine rings is 1. The average Bonchev–Trinajstić information content (AvgIpc) is 2.46. The summed E-state index contributed by atoms with van der Waals surface area (Å²) in [6.07, 6.45) is 3.00. The number of hydrogen-bond donors (Lipinski definition) is 1. The molecule has 1 aliphatic rings. The summed E-state index contributed by atoms with van der Waals surface area (Å²) in [5.41, 5.74) is 1.08. The number of rotatable bonds is 5. The lowest BCUT2D eigenvalue weighted by atomic mass is 10.1. The quantitative estimate of drug-likeness (QED) is 0.860. The molecule has 0 atom stereocenters. The number of nitrogens with one attached hydrogen (secondary N) is 1. The van der Waals surface area contributed by atoms with Crippen molar-refractivity contribution in [3.05, 3.63) is 29.8 Å². The van der Waals surface area contributed by atoms with Crippen LogP contribution in [0.3, 0.4) is 0 Å². The van der Waals surface area contributed by atoms with E-state index in [2.05, 4.69) is 4.72 Å². The van der Waals surface area contributed by atoms with Gasteiger partial charge in [-0.15, -0.1) is 0 Å². The van der Waals surface area contributed by atoms with Gasteiger partial charge in [0.1, 0.15) is 0 Å². The molecule has 8 heteroatoms. The van der Waals surface area contributed by atoms with Gasteiger partial charge in [-0.05, 0) is 37.0 Å². The molecule has 2 rings (SSSR count). The molecule has 0 saturated carbocycles. The Hall–Kier alpha value is -0.960. The van der Waals surface area contributed by atoms with Gasteiger partial charge in [-0.1, -0.05) is 19.1 Å². The molecule has 1 N–H and O–H groups in total. The van der Waals surface area contributed by atoms with Crippen LogP contribution in [0.1, 0.15) is 25.3 Å². The molecule has 1 aromatic carbocycles. The van der Waals surface area contributed by atoms with E-state index in [1.165, 1.54) is 10.6 Å². The largest absolute Gasteiger partial charge is 0.240 e. The van der Waals surface area contributed by atoms with Gasteiger partial charge in [0, 0.05) is 19.1 Å². The zero-order valence-corrected chi connectivity index (χ0v) is 14.5. The third-order valence-corrected chi connectivity index (χ3v) is 6.73. The maximum absolute atomic E-state index is 12.3. The van der Waals surface area contributed by atoms with E-state index >= 15 is 0 Å². The average molecular weight is 346 g/mol. The molecule has 1 fully saturated rings. The van der Waals surface area contributed by atoms with Gasteiger partial charge in [0.2, 0.25) is 20.0 Å². The molecule has 0 unspecified atom stereocenters. The Morgan fingerprint density at radius 3 is 2.09 bits per heavy atom. The van der Waals surface area contributed by atoms with Crippen molar-refractivity contribution >= 4 is 20.0 Å². The second kappa shape index (κ2) is 6.66. The van der Waals surface area contributed by atoms with E-state index in [1.54, 1.807) is 24.3 Å². The highest BCUT2D eigenvalue weighted by Crippen LogP contribution is 2.17. The minimum absolute atomic E-state index is 0.228. The smallest absolute Gasteiger partial charge is 0.213 e. The monoisotopic (exact) mass is 346 g/mol. The Balaban J connectivity index is 2.01. The third-order valence-electron chi connectivity index (χ3n) is 3.89. The molecule has 1 aromatic rings. The highest BCUT2D eigenvalue weighted by Gasteiger charge is 2.28. The first-order chi connectivity index (χ1) is 10.2. The highest BCUT2D eigenvalue weighted by molar-refractivity contribution is 7.89. The zero-order chi connectivity index (χ0) is 16.4. The fourth-order valence-electron chi connectivity index (χ4n) is 2.50. The summed E-state index contributed by atoms with van der Waals surface area (Å²) >= 11 is 0. The Kier molecular flexibility index (Phi) is 5.26. The van der Waals surface area contributed by atoms with E-state index in [0.717, 1.165) is 12.0 Å². The van der Waals surface area contributed by atoms with Gasteiger partial charge in [0.05, 0.1) is 11.2 Å². The molecule has 0 amide bonds. The Morgan fingerprint density at radius 1 is 1.09 bits per heavy atom. The van der Waals surface area contributed by atoms with Crippen molar-refractivity contribution in [3.8, 4) is 0 Å². The normalized spacial score (nSPS) is 18.5. The number of benzene rings is 1. The maximum atomic E-state index is 12.3. The molecule has 0 spiro atoms. The summed E-state index contributed by atoms with van der Waals surface area (Å²) in [4.78, 5) is 0.246. The van der Waals surface area contributed by atoms with Crippen LogP contribution in [0.15, 0.2) is 29.2 Å². The van der Waals surface area contributed by atoms with Crippen molar-refractivity contribution in [2.75, 3.05) is 19.3 Å². The van der Waals surface area contributed by atoms with Crippen LogP contribution >= 0.6 is 0 Å². The fourth-order valence-corrected chi connectivity index (χ4v) is 4.68. The molecule has 0 bridgehead atoms. The van der Waals surface area contributed by atoms with E-state index in [9.17, 15) is 16.8 Å². The highest BCUT2D eigenvalue weighted by atomic mass is 32.2. The summed E-state index contributed by atoms with van der Waals surface area (Å²) in [6, 6.07) is 6.59. The van der Waals surface area contributed by atoms with Crippen molar-refractivity contribution in [3.63, 3.8) is 0 Å². The zero-order valence-electron chi connectivity index (χ0n) is 12.8. The van der Waals surface area contributed by atoms with Gasteiger partial charge in [-0.2, -0.15) is 0 Å². The van der Waals surface area contributed by atoms with Crippen molar-refractivity contribution in [2.45, 2.75) is 37.1 Å². The predicted molar refractivity (Wildman–Crippen MR) is 85.6 cm³/mol. The minimum Gasteiger partial charge on any atom is -0.213 e. The van der Waals surface area contributed by atoms with E-state index < -0.39 is 20.0 Å². The molecule has 1 heterocycles. The maximum Gasteiger partial charge on any atom is 0.240 e. The van der Waals surface area contributed by atoms with Crippen LogP contribution in [-0.4, -0.2) is 46.5 Å². The number of hydrogen-bond acceptors (Lipinski definition) is 4. The first kappa shape index (κ1) is 17.4. The first-order valence-electron chi connectivity index (χ1n) is 7.29. The Bertz CT molecular complexity index is 704. The van der Waals surface area contributed by atoms with Crippen LogP contribution in [0.2, 0.25) is 0 Å². The Morgan fingerprint density at radius 2 is 1.64 bits per heavy atom. The van der Waals surface area contributed by atoms with E-state index in [0.29, 0.717) is 25.9 Å². The van der Waals surface area contributed by atoms with Crippen molar-refractivity contribution in [2.24, 2.45) is 0 Å². The van der Waals surface area contributed by atoms with Crippen LogP contribution < -0.4 is 4.72 Å². The van der Waals surface area contributed by atoms with Gasteiger partial charge in [-0.25, -0.2) is 25.9 Å². The molecule has 0 aliphatic carbocycles. The lowest BCUT2D eigenvalue weighted by molar-refractivity contribution is 0.310.